The molecule has 1 aliphatic rings. The molecule has 1 saturated heterocycles. The number of carbonyl (C=O) groups excluding carboxylic acids is 1. The number of amides is 1. The zero-order valence-electron chi connectivity index (χ0n) is 14.8. The predicted molar refractivity (Wildman–Crippen MR) is 103 cm³/mol. The number of carbonyl (C=O) groups is 1. The fourth-order valence-electron chi connectivity index (χ4n) is 3.69. The van der Waals surface area contributed by atoms with Crippen LogP contribution in [-0.2, 0) is 6.42 Å². The van der Waals surface area contributed by atoms with Gasteiger partial charge in [-0.15, -0.1) is 0 Å². The molecule has 2 N–H and O–H groups in total. The highest BCUT2D eigenvalue weighted by atomic mass is 16.1. The summed E-state index contributed by atoms with van der Waals surface area (Å²) in [6.07, 6.45) is 5.83. The van der Waals surface area contributed by atoms with Gasteiger partial charge in [0.1, 0.15) is 0 Å². The topological polar surface area (TPSA) is 41.1 Å². The summed E-state index contributed by atoms with van der Waals surface area (Å²) in [5.74, 6) is 0.798. The Balaban J connectivity index is 1.36. The second-order valence-corrected chi connectivity index (χ2v) is 7.00. The van der Waals surface area contributed by atoms with Crippen molar-refractivity contribution >= 4 is 5.91 Å². The molecule has 25 heavy (non-hydrogen) atoms. The van der Waals surface area contributed by atoms with Crippen LogP contribution in [-0.4, -0.2) is 25.0 Å². The number of piperidine rings is 1. The minimum absolute atomic E-state index is 0.0270. The average Bonchev–Trinajstić information content (AvgIpc) is 2.67. The minimum Gasteiger partial charge on any atom is -0.352 e. The van der Waals surface area contributed by atoms with Gasteiger partial charge >= 0.3 is 0 Å². The molecule has 0 bridgehead atoms. The maximum atomic E-state index is 12.0. The minimum atomic E-state index is 0.0270. The van der Waals surface area contributed by atoms with E-state index in [0.717, 1.165) is 37.4 Å². The van der Waals surface area contributed by atoms with E-state index in [1.807, 2.05) is 30.3 Å². The first kappa shape index (κ1) is 17.7. The third kappa shape index (κ3) is 5.71. The summed E-state index contributed by atoms with van der Waals surface area (Å²) >= 11 is 0. The van der Waals surface area contributed by atoms with Crippen LogP contribution in [0.2, 0.25) is 0 Å². The van der Waals surface area contributed by atoms with E-state index in [0.29, 0.717) is 6.04 Å². The number of hydrogen-bond acceptors (Lipinski definition) is 2. The first-order valence-corrected chi connectivity index (χ1v) is 9.42. The zero-order chi connectivity index (χ0) is 17.3. The van der Waals surface area contributed by atoms with Gasteiger partial charge in [-0.05, 0) is 62.3 Å². The smallest absolute Gasteiger partial charge is 0.251 e. The molecule has 0 radical (unpaired) electrons. The van der Waals surface area contributed by atoms with Crippen LogP contribution in [0, 0.1) is 5.92 Å². The maximum absolute atomic E-state index is 12.0. The van der Waals surface area contributed by atoms with Crippen LogP contribution in [0.4, 0.5) is 0 Å². The molecule has 3 nitrogen and oxygen atoms in total. The van der Waals surface area contributed by atoms with Gasteiger partial charge in [0, 0.05) is 18.2 Å². The Labute approximate surface area is 150 Å². The molecule has 0 aliphatic carbocycles. The van der Waals surface area contributed by atoms with Crippen molar-refractivity contribution in [1.82, 2.24) is 10.6 Å². The number of rotatable bonds is 7. The van der Waals surface area contributed by atoms with Crippen molar-refractivity contribution in [2.24, 2.45) is 5.92 Å². The molecule has 2 unspecified atom stereocenters. The van der Waals surface area contributed by atoms with Crippen LogP contribution in [0.5, 0.6) is 0 Å². The lowest BCUT2D eigenvalue weighted by Crippen LogP contribution is -2.39. The first-order chi connectivity index (χ1) is 12.3. The summed E-state index contributed by atoms with van der Waals surface area (Å²) in [7, 11) is 0. The zero-order valence-corrected chi connectivity index (χ0v) is 14.8. The molecule has 2 atom stereocenters. The highest BCUT2D eigenvalue weighted by Gasteiger charge is 2.21. The molecule has 132 valence electrons. The summed E-state index contributed by atoms with van der Waals surface area (Å²) in [5, 5.41) is 6.66. The van der Waals surface area contributed by atoms with Crippen molar-refractivity contribution in [2.75, 3.05) is 13.1 Å². The summed E-state index contributed by atoms with van der Waals surface area (Å²) < 4.78 is 0. The van der Waals surface area contributed by atoms with Crippen LogP contribution in [0.3, 0.4) is 0 Å². The molecule has 2 aromatic rings. The number of nitrogens with one attached hydrogen (secondary N) is 2. The summed E-state index contributed by atoms with van der Waals surface area (Å²) in [6, 6.07) is 20.8. The summed E-state index contributed by atoms with van der Waals surface area (Å²) in [4.78, 5) is 12.0. The van der Waals surface area contributed by atoms with Crippen LogP contribution >= 0.6 is 0 Å². The Morgan fingerprint density at radius 3 is 2.52 bits per heavy atom. The van der Waals surface area contributed by atoms with E-state index in [9.17, 15) is 4.79 Å². The number of benzene rings is 2. The molecule has 1 amide bonds. The second kappa shape index (κ2) is 9.38. The molecule has 1 fully saturated rings. The lowest BCUT2D eigenvalue weighted by molar-refractivity contribution is 0.0952. The van der Waals surface area contributed by atoms with E-state index in [1.165, 1.54) is 24.8 Å². The predicted octanol–water partition coefficient (Wildman–Crippen LogP) is 3.81. The maximum Gasteiger partial charge on any atom is 0.251 e. The van der Waals surface area contributed by atoms with Gasteiger partial charge < -0.3 is 10.6 Å². The van der Waals surface area contributed by atoms with Crippen molar-refractivity contribution in [1.29, 1.82) is 0 Å². The first-order valence-electron chi connectivity index (χ1n) is 9.42. The van der Waals surface area contributed by atoms with Gasteiger partial charge in [0.2, 0.25) is 0 Å². The summed E-state index contributed by atoms with van der Waals surface area (Å²) in [6.45, 7) is 1.85. The Hall–Kier alpha value is -2.13. The Morgan fingerprint density at radius 2 is 1.76 bits per heavy atom. The quantitative estimate of drug-likeness (QED) is 0.755. The lowest BCUT2D eigenvalue weighted by atomic mass is 9.86. The molecule has 1 heterocycles. The van der Waals surface area contributed by atoms with E-state index < -0.39 is 0 Å². The van der Waals surface area contributed by atoms with Crippen molar-refractivity contribution in [3.63, 3.8) is 0 Å². The molecule has 3 heteroatoms. The normalized spacial score (nSPS) is 20.2. The molecule has 0 spiro atoms. The van der Waals surface area contributed by atoms with Gasteiger partial charge in [0.15, 0.2) is 0 Å². The fourth-order valence-corrected chi connectivity index (χ4v) is 3.69. The third-order valence-electron chi connectivity index (χ3n) is 5.02. The molecule has 0 saturated carbocycles. The van der Waals surface area contributed by atoms with E-state index in [-0.39, 0.29) is 5.91 Å². The van der Waals surface area contributed by atoms with Gasteiger partial charge in [0.05, 0.1) is 0 Å². The lowest BCUT2D eigenvalue weighted by Gasteiger charge is -2.30. The highest BCUT2D eigenvalue weighted by Crippen LogP contribution is 2.23. The van der Waals surface area contributed by atoms with E-state index in [2.05, 4.69) is 41.0 Å². The molecule has 2 aromatic carbocycles. The Morgan fingerprint density at radius 1 is 1.04 bits per heavy atom. The largest absolute Gasteiger partial charge is 0.352 e. The van der Waals surface area contributed by atoms with Gasteiger partial charge in [0.25, 0.3) is 5.91 Å². The van der Waals surface area contributed by atoms with Crippen molar-refractivity contribution in [3.8, 4) is 0 Å². The van der Waals surface area contributed by atoms with Crippen LogP contribution in [0.1, 0.15) is 41.6 Å². The highest BCUT2D eigenvalue weighted by molar-refractivity contribution is 5.94. The third-order valence-corrected chi connectivity index (χ3v) is 5.02. The molecular formula is C22H28N2O. The molecule has 1 aliphatic heterocycles. The van der Waals surface area contributed by atoms with E-state index in [4.69, 9.17) is 0 Å². The van der Waals surface area contributed by atoms with Crippen molar-refractivity contribution < 1.29 is 4.79 Å². The van der Waals surface area contributed by atoms with Crippen LogP contribution in [0.25, 0.3) is 0 Å². The van der Waals surface area contributed by atoms with Crippen LogP contribution in [0.15, 0.2) is 60.7 Å². The molecule has 0 aromatic heterocycles. The fraction of sp³-hybridized carbons (Fsp3) is 0.409. The molecule has 3 rings (SSSR count). The monoisotopic (exact) mass is 336 g/mol. The summed E-state index contributed by atoms with van der Waals surface area (Å²) in [5.41, 5.74) is 2.18. The van der Waals surface area contributed by atoms with Crippen LogP contribution < -0.4 is 10.6 Å². The Bertz CT molecular complexity index is 642. The Kier molecular flexibility index (Phi) is 6.63. The average molecular weight is 336 g/mol. The van der Waals surface area contributed by atoms with Crippen molar-refractivity contribution in [3.05, 3.63) is 71.8 Å². The standard InChI is InChI=1S/C22H28N2O/c25-22(20-10-5-2-6-11-20)24-14-7-12-21-17-19(13-15-23-21)16-18-8-3-1-4-9-18/h1-6,8-11,19,21,23H,7,12-17H2,(H,24,25). The van der Waals surface area contributed by atoms with Gasteiger partial charge in [-0.25, -0.2) is 0 Å². The second-order valence-electron chi connectivity index (χ2n) is 7.00. The van der Waals surface area contributed by atoms with Crippen molar-refractivity contribution in [2.45, 2.75) is 38.1 Å². The van der Waals surface area contributed by atoms with E-state index >= 15 is 0 Å². The number of hydrogen-bond donors (Lipinski definition) is 2. The van der Waals surface area contributed by atoms with Gasteiger partial charge in [-0.2, -0.15) is 0 Å². The van der Waals surface area contributed by atoms with E-state index in [1.54, 1.807) is 0 Å². The SMILES string of the molecule is O=C(NCCCC1CC(Cc2ccccc2)CCN1)c1ccccc1. The van der Waals surface area contributed by atoms with Gasteiger partial charge in [-0.3, -0.25) is 4.79 Å². The van der Waals surface area contributed by atoms with Gasteiger partial charge in [-0.1, -0.05) is 48.5 Å². The molecular weight excluding hydrogens is 308 g/mol.